The zero-order valence-corrected chi connectivity index (χ0v) is 16.9. The molecule has 2 rings (SSSR count). The molecule has 29 heavy (non-hydrogen) atoms. The van der Waals surface area contributed by atoms with Gasteiger partial charge in [0.1, 0.15) is 18.2 Å². The van der Waals surface area contributed by atoms with Crippen molar-refractivity contribution in [3.05, 3.63) is 65.7 Å². The van der Waals surface area contributed by atoms with Gasteiger partial charge in [-0.3, -0.25) is 0 Å². The molecular formula is C23H26N2O4. The van der Waals surface area contributed by atoms with Gasteiger partial charge in [0.15, 0.2) is 0 Å². The molecule has 0 heterocycles. The first-order valence-corrected chi connectivity index (χ1v) is 9.27. The maximum atomic E-state index is 12.5. The van der Waals surface area contributed by atoms with E-state index in [0.717, 1.165) is 11.1 Å². The first kappa shape index (κ1) is 21.8. The molecule has 0 bridgehead atoms. The SMILES string of the molecule is CC(C)(C)OC(=O)NC(CC#Cc1ccc(N)cc1)C(=O)OCc1ccccc1. The van der Waals surface area contributed by atoms with Gasteiger partial charge in [-0.15, -0.1) is 0 Å². The fourth-order valence-corrected chi connectivity index (χ4v) is 2.29. The van der Waals surface area contributed by atoms with E-state index in [0.29, 0.717) is 5.69 Å². The lowest BCUT2D eigenvalue weighted by molar-refractivity contribution is -0.147. The fourth-order valence-electron chi connectivity index (χ4n) is 2.29. The van der Waals surface area contributed by atoms with E-state index >= 15 is 0 Å². The van der Waals surface area contributed by atoms with E-state index in [1.807, 2.05) is 30.3 Å². The van der Waals surface area contributed by atoms with Gasteiger partial charge in [0.05, 0.1) is 0 Å². The summed E-state index contributed by atoms with van der Waals surface area (Å²) in [5.41, 5.74) is 7.23. The monoisotopic (exact) mass is 394 g/mol. The van der Waals surface area contributed by atoms with Crippen LogP contribution in [0.3, 0.4) is 0 Å². The number of nitrogen functional groups attached to an aromatic ring is 1. The van der Waals surface area contributed by atoms with Gasteiger partial charge in [0.25, 0.3) is 0 Å². The molecule has 2 aromatic rings. The van der Waals surface area contributed by atoms with Crippen molar-refractivity contribution in [1.82, 2.24) is 5.32 Å². The number of nitrogens with one attached hydrogen (secondary N) is 1. The quantitative estimate of drug-likeness (QED) is 0.459. The van der Waals surface area contributed by atoms with Crippen molar-refractivity contribution in [3.8, 4) is 11.8 Å². The molecule has 1 atom stereocenters. The first-order chi connectivity index (χ1) is 13.7. The topological polar surface area (TPSA) is 90.6 Å². The zero-order valence-electron chi connectivity index (χ0n) is 16.9. The molecule has 0 aromatic heterocycles. The Balaban J connectivity index is 2.04. The molecule has 0 spiro atoms. The van der Waals surface area contributed by atoms with Crippen LogP contribution in [0.4, 0.5) is 10.5 Å². The van der Waals surface area contributed by atoms with Gasteiger partial charge in [0, 0.05) is 17.7 Å². The Morgan fingerprint density at radius 3 is 2.34 bits per heavy atom. The van der Waals surface area contributed by atoms with Crippen molar-refractivity contribution in [1.29, 1.82) is 0 Å². The van der Waals surface area contributed by atoms with Crippen molar-refractivity contribution in [2.75, 3.05) is 5.73 Å². The molecule has 0 aliphatic carbocycles. The molecule has 0 aliphatic heterocycles. The van der Waals surface area contributed by atoms with Gasteiger partial charge in [-0.25, -0.2) is 9.59 Å². The Morgan fingerprint density at radius 1 is 1.07 bits per heavy atom. The Kier molecular flexibility index (Phi) is 7.67. The fraction of sp³-hybridized carbons (Fsp3) is 0.304. The molecule has 0 radical (unpaired) electrons. The van der Waals surface area contributed by atoms with Crippen LogP contribution >= 0.6 is 0 Å². The molecule has 0 saturated heterocycles. The number of benzene rings is 2. The summed E-state index contributed by atoms with van der Waals surface area (Å²) in [7, 11) is 0. The summed E-state index contributed by atoms with van der Waals surface area (Å²) >= 11 is 0. The van der Waals surface area contributed by atoms with Crippen LogP contribution in [0.5, 0.6) is 0 Å². The third-order valence-electron chi connectivity index (χ3n) is 3.65. The highest BCUT2D eigenvalue weighted by molar-refractivity contribution is 5.81. The normalized spacial score (nSPS) is 11.6. The first-order valence-electron chi connectivity index (χ1n) is 9.27. The van der Waals surface area contributed by atoms with E-state index in [1.54, 1.807) is 45.0 Å². The minimum Gasteiger partial charge on any atom is -0.459 e. The van der Waals surface area contributed by atoms with E-state index in [9.17, 15) is 9.59 Å². The molecule has 0 aliphatic rings. The summed E-state index contributed by atoms with van der Waals surface area (Å²) in [4.78, 5) is 24.6. The number of carbonyl (C=O) groups excluding carboxylic acids is 2. The maximum absolute atomic E-state index is 12.5. The van der Waals surface area contributed by atoms with Crippen LogP contribution in [0.2, 0.25) is 0 Å². The van der Waals surface area contributed by atoms with Gasteiger partial charge < -0.3 is 20.5 Å². The molecule has 0 saturated carbocycles. The lowest BCUT2D eigenvalue weighted by Crippen LogP contribution is -2.44. The molecule has 6 nitrogen and oxygen atoms in total. The van der Waals surface area contributed by atoms with Crippen LogP contribution in [0.15, 0.2) is 54.6 Å². The second kappa shape index (κ2) is 10.2. The Bertz CT molecular complexity index is 875. The number of hydrogen-bond acceptors (Lipinski definition) is 5. The second-order valence-corrected chi connectivity index (χ2v) is 7.42. The molecule has 1 unspecified atom stereocenters. The van der Waals surface area contributed by atoms with Crippen LogP contribution in [0.25, 0.3) is 0 Å². The number of carbonyl (C=O) groups is 2. The zero-order chi connectivity index (χ0) is 21.3. The van der Waals surface area contributed by atoms with Crippen molar-refractivity contribution in [2.24, 2.45) is 0 Å². The van der Waals surface area contributed by atoms with Crippen molar-refractivity contribution < 1.29 is 19.1 Å². The summed E-state index contributed by atoms with van der Waals surface area (Å²) in [6.07, 6.45) is -0.620. The Labute approximate surface area is 171 Å². The molecule has 152 valence electrons. The van der Waals surface area contributed by atoms with Crippen LogP contribution < -0.4 is 11.1 Å². The predicted octanol–water partition coefficient (Wildman–Crippen LogP) is 3.65. The maximum Gasteiger partial charge on any atom is 0.408 e. The van der Waals surface area contributed by atoms with E-state index in [1.165, 1.54) is 0 Å². The summed E-state index contributed by atoms with van der Waals surface area (Å²) in [5.74, 6) is 5.28. The third kappa shape index (κ3) is 8.39. The molecule has 3 N–H and O–H groups in total. The number of amides is 1. The van der Waals surface area contributed by atoms with E-state index in [2.05, 4.69) is 17.2 Å². The lowest BCUT2D eigenvalue weighted by Gasteiger charge is -2.22. The molecule has 6 heteroatoms. The predicted molar refractivity (Wildman–Crippen MR) is 112 cm³/mol. The van der Waals surface area contributed by atoms with Crippen molar-refractivity contribution in [3.63, 3.8) is 0 Å². The number of rotatable bonds is 5. The molecule has 1 amide bonds. The smallest absolute Gasteiger partial charge is 0.408 e. The number of ether oxygens (including phenoxy) is 2. The molecule has 2 aromatic carbocycles. The Hall–Kier alpha value is -3.46. The number of anilines is 1. The van der Waals surface area contributed by atoms with E-state index in [-0.39, 0.29) is 13.0 Å². The van der Waals surface area contributed by atoms with Gasteiger partial charge in [-0.2, -0.15) is 0 Å². The van der Waals surface area contributed by atoms with Gasteiger partial charge in [-0.1, -0.05) is 42.2 Å². The van der Waals surface area contributed by atoms with E-state index < -0.39 is 23.7 Å². The van der Waals surface area contributed by atoms with E-state index in [4.69, 9.17) is 15.2 Å². The minimum absolute atomic E-state index is 0.0806. The van der Waals surface area contributed by atoms with Crippen LogP contribution in [-0.4, -0.2) is 23.7 Å². The Morgan fingerprint density at radius 2 is 1.72 bits per heavy atom. The van der Waals surface area contributed by atoms with Crippen molar-refractivity contribution >= 4 is 17.7 Å². The lowest BCUT2D eigenvalue weighted by atomic mass is 10.1. The van der Waals surface area contributed by atoms with Crippen molar-refractivity contribution in [2.45, 2.75) is 45.4 Å². The highest BCUT2D eigenvalue weighted by atomic mass is 16.6. The van der Waals surface area contributed by atoms with Crippen LogP contribution in [0.1, 0.15) is 38.3 Å². The second-order valence-electron chi connectivity index (χ2n) is 7.42. The minimum atomic E-state index is -0.949. The summed E-state index contributed by atoms with van der Waals surface area (Å²) in [6.45, 7) is 5.35. The number of nitrogens with two attached hydrogens (primary N) is 1. The van der Waals surface area contributed by atoms with Crippen LogP contribution in [0, 0.1) is 11.8 Å². The third-order valence-corrected chi connectivity index (χ3v) is 3.65. The number of hydrogen-bond donors (Lipinski definition) is 2. The van der Waals surface area contributed by atoms with Crippen LogP contribution in [-0.2, 0) is 20.9 Å². The summed E-state index contributed by atoms with van der Waals surface area (Å²) in [6, 6.07) is 15.4. The summed E-state index contributed by atoms with van der Waals surface area (Å²) < 4.78 is 10.6. The average molecular weight is 394 g/mol. The van der Waals surface area contributed by atoms with Gasteiger partial charge in [0.2, 0.25) is 0 Å². The number of esters is 1. The van der Waals surface area contributed by atoms with Gasteiger partial charge in [-0.05, 0) is 50.6 Å². The van der Waals surface area contributed by atoms with Gasteiger partial charge >= 0.3 is 12.1 Å². The molecule has 0 fully saturated rings. The summed E-state index contributed by atoms with van der Waals surface area (Å²) in [5, 5.41) is 2.55. The molecular weight excluding hydrogens is 368 g/mol. The standard InChI is InChI=1S/C23H26N2O4/c1-23(2,3)29-22(27)25-20(11-7-10-17-12-14-19(24)15-13-17)21(26)28-16-18-8-5-4-6-9-18/h4-6,8-9,12-15,20H,11,16,24H2,1-3H3,(H,25,27). The highest BCUT2D eigenvalue weighted by Crippen LogP contribution is 2.09. The largest absolute Gasteiger partial charge is 0.459 e. The average Bonchev–Trinajstić information content (AvgIpc) is 2.66. The number of alkyl carbamates (subject to hydrolysis) is 1. The highest BCUT2D eigenvalue weighted by Gasteiger charge is 2.25.